The molecule has 9 heteroatoms. The molecule has 0 atom stereocenters. The summed E-state index contributed by atoms with van der Waals surface area (Å²) in [7, 11) is 1.63. The van der Waals surface area contributed by atoms with E-state index in [9.17, 15) is 4.79 Å². The molecule has 1 aromatic rings. The van der Waals surface area contributed by atoms with Crippen molar-refractivity contribution in [3.05, 3.63) is 0 Å². The van der Waals surface area contributed by atoms with E-state index in [1.807, 2.05) is 6.92 Å². The van der Waals surface area contributed by atoms with Gasteiger partial charge < -0.3 is 15.4 Å². The number of hydrogen-bond acceptors (Lipinski definition) is 8. The fraction of sp³-hybridized carbons (Fsp3) is 0.556. The van der Waals surface area contributed by atoms with Crippen molar-refractivity contribution in [1.82, 2.24) is 15.0 Å². The molecule has 1 amide bonds. The van der Waals surface area contributed by atoms with E-state index >= 15 is 0 Å². The van der Waals surface area contributed by atoms with Crippen LogP contribution in [0.2, 0.25) is 0 Å². The summed E-state index contributed by atoms with van der Waals surface area (Å²) in [6.45, 7) is 2.43. The number of nitrogens with two attached hydrogens (primary N) is 2. The van der Waals surface area contributed by atoms with Crippen LogP contribution in [-0.2, 0) is 4.79 Å². The molecule has 0 bridgehead atoms. The SMILES string of the molecule is CCCOc1nc(NN)nc(N(C)CC(N)=O)n1. The fourth-order valence-corrected chi connectivity index (χ4v) is 1.14. The Hall–Kier alpha value is -2.16. The van der Waals surface area contributed by atoms with E-state index < -0.39 is 5.91 Å². The fourth-order valence-electron chi connectivity index (χ4n) is 1.14. The largest absolute Gasteiger partial charge is 0.463 e. The van der Waals surface area contributed by atoms with Crippen LogP contribution in [0.4, 0.5) is 11.9 Å². The average molecular weight is 255 g/mol. The van der Waals surface area contributed by atoms with Gasteiger partial charge in [0, 0.05) is 7.05 Å². The first-order valence-corrected chi connectivity index (χ1v) is 5.41. The minimum Gasteiger partial charge on any atom is -0.463 e. The zero-order chi connectivity index (χ0) is 13.5. The van der Waals surface area contributed by atoms with Gasteiger partial charge in [-0.3, -0.25) is 10.2 Å². The Balaban J connectivity index is 2.92. The monoisotopic (exact) mass is 255 g/mol. The molecule has 1 rings (SSSR count). The first-order chi connectivity index (χ1) is 8.56. The van der Waals surface area contributed by atoms with Crippen LogP contribution < -0.4 is 26.6 Å². The quantitative estimate of drug-likeness (QED) is 0.411. The molecule has 0 saturated carbocycles. The van der Waals surface area contributed by atoms with E-state index in [2.05, 4.69) is 20.4 Å². The Labute approximate surface area is 105 Å². The molecule has 9 nitrogen and oxygen atoms in total. The number of carbonyl (C=O) groups is 1. The zero-order valence-corrected chi connectivity index (χ0v) is 10.4. The topological polar surface area (TPSA) is 132 Å². The molecule has 0 fully saturated rings. The summed E-state index contributed by atoms with van der Waals surface area (Å²) in [4.78, 5) is 24.3. The van der Waals surface area contributed by atoms with Crippen LogP contribution in [0.15, 0.2) is 0 Å². The van der Waals surface area contributed by atoms with Gasteiger partial charge in [-0.15, -0.1) is 0 Å². The normalized spacial score (nSPS) is 9.94. The van der Waals surface area contributed by atoms with Gasteiger partial charge in [-0.1, -0.05) is 6.92 Å². The van der Waals surface area contributed by atoms with Crippen molar-refractivity contribution >= 4 is 17.8 Å². The maximum atomic E-state index is 10.8. The van der Waals surface area contributed by atoms with Crippen molar-refractivity contribution in [2.24, 2.45) is 11.6 Å². The maximum Gasteiger partial charge on any atom is 0.323 e. The number of anilines is 2. The van der Waals surface area contributed by atoms with Crippen molar-refractivity contribution in [2.75, 3.05) is 30.5 Å². The molecule has 0 aliphatic carbocycles. The number of nitrogens with zero attached hydrogens (tertiary/aromatic N) is 4. The molecule has 0 spiro atoms. The number of rotatable bonds is 7. The van der Waals surface area contributed by atoms with Crippen molar-refractivity contribution in [2.45, 2.75) is 13.3 Å². The Morgan fingerprint density at radius 1 is 1.44 bits per heavy atom. The molecule has 0 unspecified atom stereocenters. The third-order valence-electron chi connectivity index (χ3n) is 1.90. The van der Waals surface area contributed by atoms with Crippen LogP contribution in [0.1, 0.15) is 13.3 Å². The molecular weight excluding hydrogens is 238 g/mol. The van der Waals surface area contributed by atoms with Gasteiger partial charge in [-0.05, 0) is 6.42 Å². The summed E-state index contributed by atoms with van der Waals surface area (Å²) in [6, 6.07) is 0.145. The molecule has 0 radical (unpaired) electrons. The first-order valence-electron chi connectivity index (χ1n) is 5.41. The van der Waals surface area contributed by atoms with Gasteiger partial charge in [-0.2, -0.15) is 15.0 Å². The predicted octanol–water partition coefficient (Wildman–Crippen LogP) is -1.13. The Kier molecular flexibility index (Phi) is 5.06. The van der Waals surface area contributed by atoms with Gasteiger partial charge in [0.15, 0.2) is 0 Å². The number of nitrogen functional groups attached to an aromatic ring is 1. The number of aromatic nitrogens is 3. The highest BCUT2D eigenvalue weighted by Crippen LogP contribution is 2.13. The van der Waals surface area contributed by atoms with Crippen LogP contribution in [0.5, 0.6) is 6.01 Å². The second-order valence-corrected chi connectivity index (χ2v) is 3.56. The molecule has 100 valence electrons. The van der Waals surface area contributed by atoms with Crippen LogP contribution in [0.3, 0.4) is 0 Å². The Morgan fingerprint density at radius 3 is 2.72 bits per heavy atom. The lowest BCUT2D eigenvalue weighted by Crippen LogP contribution is -2.32. The van der Waals surface area contributed by atoms with Gasteiger partial charge >= 0.3 is 6.01 Å². The average Bonchev–Trinajstić information content (AvgIpc) is 2.35. The summed E-state index contributed by atoms with van der Waals surface area (Å²) in [5, 5.41) is 0. The molecular formula is C9H17N7O2. The summed E-state index contributed by atoms with van der Waals surface area (Å²) < 4.78 is 5.29. The van der Waals surface area contributed by atoms with Crippen LogP contribution in [-0.4, -0.2) is 41.1 Å². The number of amides is 1. The Bertz CT molecular complexity index is 412. The van der Waals surface area contributed by atoms with Crippen LogP contribution >= 0.6 is 0 Å². The second-order valence-electron chi connectivity index (χ2n) is 3.56. The van der Waals surface area contributed by atoms with Crippen molar-refractivity contribution in [3.63, 3.8) is 0 Å². The summed E-state index contributed by atoms with van der Waals surface area (Å²) in [6.07, 6.45) is 0.823. The smallest absolute Gasteiger partial charge is 0.323 e. The molecule has 0 aliphatic rings. The van der Waals surface area contributed by atoms with E-state index in [0.29, 0.717) is 6.61 Å². The summed E-state index contributed by atoms with van der Waals surface area (Å²) in [5.74, 6) is 5.17. The Morgan fingerprint density at radius 2 is 2.17 bits per heavy atom. The number of nitrogens with one attached hydrogen (secondary N) is 1. The van der Waals surface area contributed by atoms with Crippen LogP contribution in [0.25, 0.3) is 0 Å². The molecule has 0 aliphatic heterocycles. The molecule has 1 heterocycles. The highest BCUT2D eigenvalue weighted by atomic mass is 16.5. The number of hydrogen-bond donors (Lipinski definition) is 3. The van der Waals surface area contributed by atoms with Crippen molar-refractivity contribution < 1.29 is 9.53 Å². The van der Waals surface area contributed by atoms with Gasteiger partial charge in [0.05, 0.1) is 13.2 Å². The van der Waals surface area contributed by atoms with E-state index in [-0.39, 0.29) is 24.5 Å². The van der Waals surface area contributed by atoms with E-state index in [0.717, 1.165) is 6.42 Å². The molecule has 18 heavy (non-hydrogen) atoms. The number of hydrazine groups is 1. The summed E-state index contributed by atoms with van der Waals surface area (Å²) >= 11 is 0. The van der Waals surface area contributed by atoms with Crippen molar-refractivity contribution in [1.29, 1.82) is 0 Å². The van der Waals surface area contributed by atoms with Gasteiger partial charge in [-0.25, -0.2) is 5.84 Å². The molecule has 0 saturated heterocycles. The highest BCUT2D eigenvalue weighted by Gasteiger charge is 2.12. The molecule has 0 aromatic carbocycles. The second kappa shape index (κ2) is 6.55. The van der Waals surface area contributed by atoms with Gasteiger partial charge in [0.25, 0.3) is 0 Å². The highest BCUT2D eigenvalue weighted by molar-refractivity contribution is 5.78. The molecule has 1 aromatic heterocycles. The number of likely N-dealkylation sites (N-methyl/N-ethyl adjacent to an activating group) is 1. The lowest BCUT2D eigenvalue weighted by Gasteiger charge is -2.16. The lowest BCUT2D eigenvalue weighted by molar-refractivity contribution is -0.116. The minimum absolute atomic E-state index is 0.0127. The minimum atomic E-state index is -0.490. The van der Waals surface area contributed by atoms with Crippen molar-refractivity contribution in [3.8, 4) is 6.01 Å². The van der Waals surface area contributed by atoms with E-state index in [4.69, 9.17) is 16.3 Å². The lowest BCUT2D eigenvalue weighted by atomic mass is 10.5. The number of primary amides is 1. The first kappa shape index (κ1) is 13.9. The van der Waals surface area contributed by atoms with E-state index in [1.165, 1.54) is 4.90 Å². The third-order valence-corrected chi connectivity index (χ3v) is 1.90. The van der Waals surface area contributed by atoms with Crippen LogP contribution in [0, 0.1) is 0 Å². The molecule has 5 N–H and O–H groups in total. The summed E-state index contributed by atoms with van der Waals surface area (Å²) in [5.41, 5.74) is 7.40. The van der Waals surface area contributed by atoms with E-state index in [1.54, 1.807) is 7.05 Å². The third kappa shape index (κ3) is 4.01. The number of carbonyl (C=O) groups excluding carboxylic acids is 1. The maximum absolute atomic E-state index is 10.8. The predicted molar refractivity (Wildman–Crippen MR) is 65.9 cm³/mol. The van der Waals surface area contributed by atoms with Gasteiger partial charge in [0.1, 0.15) is 0 Å². The number of ether oxygens (including phenoxy) is 1. The zero-order valence-electron chi connectivity index (χ0n) is 10.4. The standard InChI is InChI=1S/C9H17N7O2/c1-3-4-18-9-13-7(15-11)12-8(14-9)16(2)5-6(10)17/h3-5,11H2,1-2H3,(H2,10,17)(H,12,13,14,15). The van der Waals surface area contributed by atoms with Gasteiger partial charge in [0.2, 0.25) is 17.8 Å².